The predicted octanol–water partition coefficient (Wildman–Crippen LogP) is 2.52. The van der Waals surface area contributed by atoms with Crippen LogP contribution in [-0.2, 0) is 11.3 Å². The number of rotatable bonds is 6. The van der Waals surface area contributed by atoms with Gasteiger partial charge in [0.2, 0.25) is 5.13 Å². The maximum atomic E-state index is 12.9. The largest absolute Gasteiger partial charge is 0.462 e. The second kappa shape index (κ2) is 9.65. The molecule has 3 aromatic heterocycles. The predicted molar refractivity (Wildman–Crippen MR) is 113 cm³/mol. The lowest BCUT2D eigenvalue weighted by molar-refractivity contribution is 0.102. The first-order chi connectivity index (χ1) is 15.1. The molecule has 0 bridgehead atoms. The molecule has 158 valence electrons. The summed E-state index contributed by atoms with van der Waals surface area (Å²) in [7, 11) is 0. The lowest BCUT2D eigenvalue weighted by atomic mass is 10.2. The van der Waals surface area contributed by atoms with Crippen molar-refractivity contribution >= 4 is 39.8 Å². The molecule has 0 aromatic carbocycles. The highest BCUT2D eigenvalue weighted by atomic mass is 35.5. The van der Waals surface area contributed by atoms with Gasteiger partial charge in [0.05, 0.1) is 29.5 Å². The molecule has 1 saturated heterocycles. The summed E-state index contributed by atoms with van der Waals surface area (Å²) in [5.41, 5.74) is 1.26. The smallest absolute Gasteiger partial charge is 0.296 e. The summed E-state index contributed by atoms with van der Waals surface area (Å²) < 4.78 is 10.9. The molecule has 3 aromatic rings. The van der Waals surface area contributed by atoms with E-state index in [1.807, 2.05) is 11.0 Å². The molecule has 4 rings (SSSR count). The summed E-state index contributed by atoms with van der Waals surface area (Å²) in [6.45, 7) is 2.41. The molecular weight excluding hydrogens is 442 g/mol. The van der Waals surface area contributed by atoms with Gasteiger partial charge in [0, 0.05) is 19.3 Å². The molecule has 1 aliphatic rings. The van der Waals surface area contributed by atoms with Crippen LogP contribution in [-0.4, -0.2) is 52.4 Å². The molecule has 0 atom stereocenters. The van der Waals surface area contributed by atoms with E-state index in [-0.39, 0.29) is 17.4 Å². The zero-order valence-electron chi connectivity index (χ0n) is 16.1. The van der Waals surface area contributed by atoms with Crippen molar-refractivity contribution in [1.82, 2.24) is 20.2 Å². The summed E-state index contributed by atoms with van der Waals surface area (Å²) in [6, 6.07) is 8.56. The lowest BCUT2D eigenvalue weighted by Crippen LogP contribution is -2.38. The number of nitriles is 1. The number of ether oxygens (including phenoxy) is 2. The molecule has 1 fully saturated rings. The zero-order chi connectivity index (χ0) is 21.6. The quantitative estimate of drug-likeness (QED) is 0.593. The molecular formula is C19H16ClN7O3S. The molecule has 0 spiro atoms. The Hall–Kier alpha value is -3.33. The Kier molecular flexibility index (Phi) is 6.51. The van der Waals surface area contributed by atoms with E-state index in [2.05, 4.69) is 25.5 Å². The molecule has 31 heavy (non-hydrogen) atoms. The number of pyridine rings is 2. The van der Waals surface area contributed by atoms with Crippen LogP contribution in [0.25, 0.3) is 0 Å². The first-order valence-electron chi connectivity index (χ1n) is 9.24. The van der Waals surface area contributed by atoms with Crippen molar-refractivity contribution in [2.75, 3.05) is 36.5 Å². The average molecular weight is 458 g/mol. The summed E-state index contributed by atoms with van der Waals surface area (Å²) in [4.78, 5) is 23.3. The number of morpholine rings is 1. The Labute approximate surface area is 186 Å². The van der Waals surface area contributed by atoms with Crippen LogP contribution in [0.3, 0.4) is 0 Å². The molecule has 1 aliphatic heterocycles. The summed E-state index contributed by atoms with van der Waals surface area (Å²) >= 11 is 6.91. The maximum Gasteiger partial charge on any atom is 0.296 e. The van der Waals surface area contributed by atoms with Gasteiger partial charge in [0.1, 0.15) is 24.2 Å². The monoisotopic (exact) mass is 457 g/mol. The number of hydrogen-bond donors (Lipinski definition) is 1. The van der Waals surface area contributed by atoms with Crippen LogP contribution in [0.2, 0.25) is 5.02 Å². The van der Waals surface area contributed by atoms with Gasteiger partial charge in [0.15, 0.2) is 0 Å². The van der Waals surface area contributed by atoms with Gasteiger partial charge >= 0.3 is 0 Å². The van der Waals surface area contributed by atoms with Crippen molar-refractivity contribution < 1.29 is 14.3 Å². The number of halogens is 1. The van der Waals surface area contributed by atoms with E-state index in [1.54, 1.807) is 18.2 Å². The van der Waals surface area contributed by atoms with Gasteiger partial charge in [-0.15, -0.1) is 5.10 Å². The van der Waals surface area contributed by atoms with Crippen LogP contribution in [0, 0.1) is 11.3 Å². The maximum absolute atomic E-state index is 12.9. The third kappa shape index (κ3) is 5.24. The highest BCUT2D eigenvalue weighted by Crippen LogP contribution is 2.26. The fourth-order valence-electron chi connectivity index (χ4n) is 2.81. The van der Waals surface area contributed by atoms with Gasteiger partial charge in [-0.25, -0.2) is 4.98 Å². The molecule has 0 radical (unpaired) electrons. The fraction of sp³-hybridized carbons (Fsp3) is 0.263. The highest BCUT2D eigenvalue weighted by molar-refractivity contribution is 7.17. The van der Waals surface area contributed by atoms with Crippen LogP contribution in [0.15, 0.2) is 30.5 Å². The number of carbonyl (C=O) groups excluding carboxylic acids is 1. The Bertz CT molecular complexity index is 1110. The van der Waals surface area contributed by atoms with Crippen LogP contribution in [0.1, 0.15) is 21.7 Å². The SMILES string of the molecule is N#Cc1ccc(C(=O)Nc2nnc(OCc3ccc(Cl)cn3)s2)c(N2CCOCC2)n1. The third-order valence-corrected chi connectivity index (χ3v) is 5.28. The van der Waals surface area contributed by atoms with Gasteiger partial charge in [-0.3, -0.25) is 15.1 Å². The van der Waals surface area contributed by atoms with E-state index >= 15 is 0 Å². The third-order valence-electron chi connectivity index (χ3n) is 4.30. The Balaban J connectivity index is 1.45. The summed E-state index contributed by atoms with van der Waals surface area (Å²) in [5.74, 6) is 0.0372. The highest BCUT2D eigenvalue weighted by Gasteiger charge is 2.22. The van der Waals surface area contributed by atoms with Crippen molar-refractivity contribution in [1.29, 1.82) is 5.26 Å². The van der Waals surface area contributed by atoms with Crippen LogP contribution < -0.4 is 15.0 Å². The van der Waals surface area contributed by atoms with Gasteiger partial charge in [-0.2, -0.15) is 5.26 Å². The number of nitrogens with one attached hydrogen (secondary N) is 1. The molecule has 0 unspecified atom stereocenters. The van der Waals surface area contributed by atoms with Crippen LogP contribution in [0.4, 0.5) is 10.9 Å². The standard InChI is InChI=1S/C19H16ClN7O3S/c20-12-1-2-14(22-10-12)11-30-19-26-25-18(31-19)24-17(28)15-4-3-13(9-21)23-16(15)27-5-7-29-8-6-27/h1-4,10H,5-8,11H2,(H,24,25,28). The van der Waals surface area contributed by atoms with Crippen molar-refractivity contribution in [2.24, 2.45) is 0 Å². The normalized spacial score (nSPS) is 13.5. The van der Waals surface area contributed by atoms with E-state index in [9.17, 15) is 10.1 Å². The molecule has 0 aliphatic carbocycles. The second-order valence-electron chi connectivity index (χ2n) is 6.36. The molecule has 12 heteroatoms. The molecule has 0 saturated carbocycles. The van der Waals surface area contributed by atoms with Gasteiger partial charge in [-0.1, -0.05) is 16.7 Å². The van der Waals surface area contributed by atoms with Crippen LogP contribution >= 0.6 is 22.9 Å². The fourth-order valence-corrected chi connectivity index (χ4v) is 3.52. The van der Waals surface area contributed by atoms with Crippen molar-refractivity contribution in [3.05, 3.63) is 52.4 Å². The van der Waals surface area contributed by atoms with E-state index in [0.717, 1.165) is 11.3 Å². The number of aromatic nitrogens is 4. The number of carbonyl (C=O) groups is 1. The van der Waals surface area contributed by atoms with E-state index < -0.39 is 5.91 Å². The summed E-state index contributed by atoms with van der Waals surface area (Å²) in [6.07, 6.45) is 1.53. The molecule has 1 N–H and O–H groups in total. The van der Waals surface area contributed by atoms with Gasteiger partial charge < -0.3 is 14.4 Å². The van der Waals surface area contributed by atoms with E-state index in [4.69, 9.17) is 21.1 Å². The minimum absolute atomic E-state index is 0.195. The average Bonchev–Trinajstić information content (AvgIpc) is 3.26. The van der Waals surface area contributed by atoms with E-state index in [1.165, 1.54) is 12.3 Å². The number of anilines is 2. The van der Waals surface area contributed by atoms with Crippen molar-refractivity contribution in [2.45, 2.75) is 6.61 Å². The molecule has 10 nitrogen and oxygen atoms in total. The Morgan fingerprint density at radius 3 is 2.87 bits per heavy atom. The Morgan fingerprint density at radius 2 is 2.13 bits per heavy atom. The van der Waals surface area contributed by atoms with E-state index in [0.29, 0.717) is 53.6 Å². The lowest BCUT2D eigenvalue weighted by Gasteiger charge is -2.29. The van der Waals surface area contributed by atoms with Crippen molar-refractivity contribution in [3.63, 3.8) is 0 Å². The minimum atomic E-state index is -0.402. The molecule has 4 heterocycles. The first-order valence-corrected chi connectivity index (χ1v) is 10.4. The minimum Gasteiger partial charge on any atom is -0.462 e. The van der Waals surface area contributed by atoms with Gasteiger partial charge in [-0.05, 0) is 35.6 Å². The van der Waals surface area contributed by atoms with Crippen LogP contribution in [0.5, 0.6) is 5.19 Å². The Morgan fingerprint density at radius 1 is 1.29 bits per heavy atom. The number of nitrogens with zero attached hydrogens (tertiary/aromatic N) is 6. The topological polar surface area (TPSA) is 126 Å². The number of hydrogen-bond acceptors (Lipinski definition) is 10. The van der Waals surface area contributed by atoms with Crippen molar-refractivity contribution in [3.8, 4) is 11.3 Å². The zero-order valence-corrected chi connectivity index (χ0v) is 17.7. The first kappa shape index (κ1) is 20.9. The number of amides is 1. The molecule has 1 amide bonds. The summed E-state index contributed by atoms with van der Waals surface area (Å²) in [5, 5.41) is 20.9. The van der Waals surface area contributed by atoms with Gasteiger partial charge in [0.25, 0.3) is 11.1 Å². The second-order valence-corrected chi connectivity index (χ2v) is 7.74.